The van der Waals surface area contributed by atoms with Gasteiger partial charge in [0.05, 0.1) is 27.2 Å². The number of rotatable bonds is 5. The van der Waals surface area contributed by atoms with Gasteiger partial charge in [-0.1, -0.05) is 43.1 Å². The van der Waals surface area contributed by atoms with Crippen molar-refractivity contribution < 1.29 is 14.4 Å². The summed E-state index contributed by atoms with van der Waals surface area (Å²) in [6.07, 6.45) is 0. The molecular weight excluding hydrogens is 395 g/mol. The van der Waals surface area contributed by atoms with Gasteiger partial charge in [-0.25, -0.2) is 0 Å². The summed E-state index contributed by atoms with van der Waals surface area (Å²) in [6, 6.07) is 6.40. The number of imide groups is 1. The first-order chi connectivity index (χ1) is 12.3. The summed E-state index contributed by atoms with van der Waals surface area (Å²) >= 11 is 13.4. The van der Waals surface area contributed by atoms with E-state index in [1.165, 1.54) is 12.1 Å². The van der Waals surface area contributed by atoms with Crippen LogP contribution in [0.2, 0.25) is 10.0 Å². The van der Waals surface area contributed by atoms with Crippen molar-refractivity contribution in [2.45, 2.75) is 19.9 Å². The third-order valence-electron chi connectivity index (χ3n) is 4.15. The molecule has 0 radical (unpaired) electrons. The third kappa shape index (κ3) is 3.49. The highest BCUT2D eigenvalue weighted by Crippen LogP contribution is 2.31. The fourth-order valence-corrected chi connectivity index (χ4v) is 4.10. The van der Waals surface area contributed by atoms with Gasteiger partial charge in [0.25, 0.3) is 11.8 Å². The first-order valence-corrected chi connectivity index (χ1v) is 9.61. The van der Waals surface area contributed by atoms with Gasteiger partial charge >= 0.3 is 0 Å². The van der Waals surface area contributed by atoms with E-state index in [4.69, 9.17) is 23.2 Å². The van der Waals surface area contributed by atoms with Crippen molar-refractivity contribution >= 4 is 52.3 Å². The number of halogens is 2. The van der Waals surface area contributed by atoms with Crippen LogP contribution in [0.15, 0.2) is 29.6 Å². The van der Waals surface area contributed by atoms with E-state index in [-0.39, 0.29) is 39.7 Å². The van der Waals surface area contributed by atoms with Gasteiger partial charge in [-0.2, -0.15) is 0 Å². The number of fused-ring (bicyclic) bond motifs is 1. The van der Waals surface area contributed by atoms with Gasteiger partial charge < -0.3 is 5.32 Å². The topological polar surface area (TPSA) is 66.5 Å². The van der Waals surface area contributed by atoms with Crippen molar-refractivity contribution in [3.8, 4) is 0 Å². The fourth-order valence-electron chi connectivity index (χ4n) is 2.82. The highest BCUT2D eigenvalue weighted by atomic mass is 35.5. The van der Waals surface area contributed by atoms with Gasteiger partial charge in [-0.05, 0) is 29.5 Å². The van der Waals surface area contributed by atoms with E-state index in [0.717, 1.165) is 9.78 Å². The van der Waals surface area contributed by atoms with Crippen LogP contribution in [0.3, 0.4) is 0 Å². The number of amides is 3. The van der Waals surface area contributed by atoms with E-state index in [1.807, 2.05) is 31.4 Å². The summed E-state index contributed by atoms with van der Waals surface area (Å²) in [5, 5.41) is 5.23. The summed E-state index contributed by atoms with van der Waals surface area (Å²) in [5.74, 6) is -1.33. The van der Waals surface area contributed by atoms with Gasteiger partial charge in [0, 0.05) is 4.88 Å². The number of benzene rings is 1. The maximum Gasteiger partial charge on any atom is 0.262 e. The molecule has 0 aliphatic carbocycles. The van der Waals surface area contributed by atoms with E-state index >= 15 is 0 Å². The molecular formula is C18H16Cl2N2O3S. The highest BCUT2D eigenvalue weighted by molar-refractivity contribution is 7.10. The molecule has 3 rings (SSSR count). The Morgan fingerprint density at radius 2 is 1.73 bits per heavy atom. The van der Waals surface area contributed by atoms with Crippen molar-refractivity contribution in [1.82, 2.24) is 10.2 Å². The molecule has 1 aliphatic rings. The molecule has 0 spiro atoms. The van der Waals surface area contributed by atoms with Crippen molar-refractivity contribution in [2.75, 3.05) is 6.54 Å². The van der Waals surface area contributed by atoms with Gasteiger partial charge in [0.2, 0.25) is 5.91 Å². The smallest absolute Gasteiger partial charge is 0.262 e. The second-order valence-corrected chi connectivity index (χ2v) is 8.11. The fraction of sp³-hybridized carbons (Fsp3) is 0.278. The molecule has 1 aliphatic heterocycles. The van der Waals surface area contributed by atoms with Crippen molar-refractivity contribution in [3.63, 3.8) is 0 Å². The Morgan fingerprint density at radius 1 is 1.15 bits per heavy atom. The van der Waals surface area contributed by atoms with Crippen LogP contribution < -0.4 is 5.32 Å². The molecule has 3 amide bonds. The molecule has 0 fully saturated rings. The van der Waals surface area contributed by atoms with Crippen molar-refractivity contribution in [3.05, 3.63) is 55.7 Å². The molecule has 1 aromatic heterocycles. The van der Waals surface area contributed by atoms with Crippen LogP contribution in [-0.4, -0.2) is 29.2 Å². The quantitative estimate of drug-likeness (QED) is 0.752. The lowest BCUT2D eigenvalue weighted by molar-refractivity contribution is -0.122. The lowest BCUT2D eigenvalue weighted by Crippen LogP contribution is -2.42. The van der Waals surface area contributed by atoms with E-state index in [1.54, 1.807) is 11.3 Å². The second-order valence-electron chi connectivity index (χ2n) is 6.31. The molecule has 8 heteroatoms. The zero-order chi connectivity index (χ0) is 19.0. The Balaban J connectivity index is 1.76. The minimum absolute atomic E-state index is 0.163. The van der Waals surface area contributed by atoms with E-state index in [9.17, 15) is 14.4 Å². The number of carbonyl (C=O) groups excluding carboxylic acids is 3. The van der Waals surface area contributed by atoms with Crippen LogP contribution in [0, 0.1) is 5.92 Å². The van der Waals surface area contributed by atoms with Gasteiger partial charge in [0.15, 0.2) is 0 Å². The average molecular weight is 411 g/mol. The van der Waals surface area contributed by atoms with Crippen LogP contribution in [-0.2, 0) is 4.79 Å². The summed E-state index contributed by atoms with van der Waals surface area (Å²) in [5.41, 5.74) is 0.326. The highest BCUT2D eigenvalue weighted by Gasteiger charge is 2.37. The molecule has 1 aromatic carbocycles. The Hall–Kier alpha value is -1.89. The van der Waals surface area contributed by atoms with Gasteiger partial charge in [-0.3, -0.25) is 19.3 Å². The first-order valence-electron chi connectivity index (χ1n) is 7.97. The van der Waals surface area contributed by atoms with E-state index in [0.29, 0.717) is 0 Å². The number of nitrogens with one attached hydrogen (secondary N) is 1. The van der Waals surface area contributed by atoms with Crippen LogP contribution in [0.5, 0.6) is 0 Å². The molecule has 2 heterocycles. The number of thiophene rings is 1. The standard InChI is InChI=1S/C18H16Cl2N2O3S/c1-9(2)16(14-4-3-5-26-14)21-15(23)8-22-17(24)10-6-12(19)13(20)7-11(10)18(22)25/h3-7,9,16H,8H2,1-2H3,(H,21,23)/t16-/m0/s1. The first kappa shape index (κ1) is 18.9. The van der Waals surface area contributed by atoms with Crippen molar-refractivity contribution in [2.24, 2.45) is 5.92 Å². The summed E-state index contributed by atoms with van der Waals surface area (Å²) in [6.45, 7) is 3.64. The lowest BCUT2D eigenvalue weighted by Gasteiger charge is -2.22. The Bertz CT molecular complexity index is 840. The maximum atomic E-state index is 12.5. The molecule has 0 bridgehead atoms. The van der Waals surface area contributed by atoms with Gasteiger partial charge in [-0.15, -0.1) is 11.3 Å². The SMILES string of the molecule is CC(C)[C@H](NC(=O)CN1C(=O)c2cc(Cl)c(Cl)cc2C1=O)c1cccs1. The summed E-state index contributed by atoms with van der Waals surface area (Å²) < 4.78 is 0. The normalized spacial score (nSPS) is 14.7. The minimum Gasteiger partial charge on any atom is -0.347 e. The van der Waals surface area contributed by atoms with Crippen LogP contribution in [0.4, 0.5) is 0 Å². The Kier molecular flexibility index (Phi) is 5.37. The largest absolute Gasteiger partial charge is 0.347 e. The maximum absolute atomic E-state index is 12.5. The molecule has 5 nitrogen and oxygen atoms in total. The molecule has 136 valence electrons. The molecule has 1 N–H and O–H groups in total. The lowest BCUT2D eigenvalue weighted by atomic mass is 10.0. The third-order valence-corrected chi connectivity index (χ3v) is 5.82. The Morgan fingerprint density at radius 3 is 2.19 bits per heavy atom. The number of hydrogen-bond donors (Lipinski definition) is 1. The number of carbonyl (C=O) groups is 3. The average Bonchev–Trinajstić information content (AvgIpc) is 3.18. The second kappa shape index (κ2) is 7.39. The van der Waals surface area contributed by atoms with E-state index < -0.39 is 17.7 Å². The molecule has 2 aromatic rings. The molecule has 26 heavy (non-hydrogen) atoms. The predicted octanol–water partition coefficient (Wildman–Crippen LogP) is 4.16. The summed E-state index contributed by atoms with van der Waals surface area (Å²) in [4.78, 5) is 39.4. The van der Waals surface area contributed by atoms with Crippen LogP contribution in [0.1, 0.15) is 45.5 Å². The van der Waals surface area contributed by atoms with Crippen molar-refractivity contribution in [1.29, 1.82) is 0 Å². The summed E-state index contributed by atoms with van der Waals surface area (Å²) in [7, 11) is 0. The molecule has 0 saturated heterocycles. The van der Waals surface area contributed by atoms with E-state index in [2.05, 4.69) is 5.32 Å². The monoisotopic (exact) mass is 410 g/mol. The molecule has 0 unspecified atom stereocenters. The van der Waals surface area contributed by atoms with Crippen LogP contribution >= 0.6 is 34.5 Å². The van der Waals surface area contributed by atoms with Gasteiger partial charge in [0.1, 0.15) is 6.54 Å². The zero-order valence-electron chi connectivity index (χ0n) is 14.1. The number of hydrogen-bond acceptors (Lipinski definition) is 4. The zero-order valence-corrected chi connectivity index (χ0v) is 16.4. The minimum atomic E-state index is -0.545. The molecule has 0 saturated carbocycles. The van der Waals surface area contributed by atoms with Crippen LogP contribution in [0.25, 0.3) is 0 Å². The number of nitrogens with zero attached hydrogens (tertiary/aromatic N) is 1. The Labute approximate surface area is 164 Å². The molecule has 1 atom stereocenters. The predicted molar refractivity (Wildman–Crippen MR) is 102 cm³/mol.